The molecule has 3 aliphatic heterocycles. The summed E-state index contributed by atoms with van der Waals surface area (Å²) in [4.78, 5) is 42.8. The maximum absolute atomic E-state index is 13.1. The molecule has 2 saturated heterocycles. The number of amides is 3. The van der Waals surface area contributed by atoms with Crippen molar-refractivity contribution in [2.45, 2.75) is 43.5 Å². The Morgan fingerprint density at radius 1 is 0.854 bits per heavy atom. The fraction of sp³-hybridized carbons (Fsp3) is 0.323. The Morgan fingerprint density at radius 2 is 1.59 bits per heavy atom. The third-order valence-corrected chi connectivity index (χ3v) is 8.99. The molecule has 0 radical (unpaired) electrons. The van der Waals surface area contributed by atoms with Crippen LogP contribution in [0, 0.1) is 0 Å². The summed E-state index contributed by atoms with van der Waals surface area (Å²) in [6.07, 6.45) is 0.409. The van der Waals surface area contributed by atoms with Gasteiger partial charge in [-0.3, -0.25) is 19.3 Å². The van der Waals surface area contributed by atoms with Crippen molar-refractivity contribution >= 4 is 29.7 Å². The number of hydrazine groups is 1. The summed E-state index contributed by atoms with van der Waals surface area (Å²) in [5, 5.41) is 0.635. The molecule has 3 heterocycles. The Hall–Kier alpha value is -3.70. The van der Waals surface area contributed by atoms with Crippen molar-refractivity contribution < 1.29 is 19.1 Å². The minimum absolute atomic E-state index is 0.135. The number of fused-ring (bicyclic) bond motifs is 1. The lowest BCUT2D eigenvalue weighted by molar-refractivity contribution is -0.152. The van der Waals surface area contributed by atoms with Crippen LogP contribution in [0.2, 0.25) is 0 Å². The Kier molecular flexibility index (Phi) is 8.06. The first-order valence-electron chi connectivity index (χ1n) is 13.9. The van der Waals surface area contributed by atoms with E-state index in [0.29, 0.717) is 22.9 Å². The van der Waals surface area contributed by atoms with E-state index in [2.05, 4.69) is 57.7 Å². The average Bonchev–Trinajstić information content (AvgIpc) is 3.33. The van der Waals surface area contributed by atoms with Crippen LogP contribution < -0.4 is 10.6 Å². The van der Waals surface area contributed by atoms with Crippen molar-refractivity contribution in [1.82, 2.24) is 19.1 Å². The minimum Gasteiger partial charge on any atom is -0.489 e. The van der Waals surface area contributed by atoms with Gasteiger partial charge in [-0.05, 0) is 53.8 Å². The number of imide groups is 1. The number of piperazine rings is 1. The smallest absolute Gasteiger partial charge is 0.266 e. The van der Waals surface area contributed by atoms with E-state index >= 15 is 0 Å². The molecule has 2 fully saturated rings. The lowest BCUT2D eigenvalue weighted by Gasteiger charge is -2.33. The number of hydrogen-bond donors (Lipinski definition) is 1. The Labute approximate surface area is 243 Å². The van der Waals surface area contributed by atoms with E-state index in [1.807, 2.05) is 24.1 Å². The zero-order chi connectivity index (χ0) is 28.3. The highest BCUT2D eigenvalue weighted by molar-refractivity contribution is 7.97. The molecule has 0 bridgehead atoms. The van der Waals surface area contributed by atoms with Crippen molar-refractivity contribution in [1.29, 1.82) is 0 Å². The van der Waals surface area contributed by atoms with Crippen molar-refractivity contribution in [3.63, 3.8) is 0 Å². The van der Waals surface area contributed by atoms with E-state index in [1.165, 1.54) is 15.4 Å². The topological polar surface area (TPSA) is 99.4 Å². The molecule has 10 heteroatoms. The summed E-state index contributed by atoms with van der Waals surface area (Å²) in [6.45, 7) is 5.67. The highest BCUT2D eigenvalue weighted by Gasteiger charge is 2.42. The van der Waals surface area contributed by atoms with E-state index in [-0.39, 0.29) is 25.3 Å². The second-order valence-electron chi connectivity index (χ2n) is 10.6. The maximum Gasteiger partial charge on any atom is 0.266 e. The van der Waals surface area contributed by atoms with Gasteiger partial charge in [0.1, 0.15) is 18.4 Å². The van der Waals surface area contributed by atoms with E-state index in [0.717, 1.165) is 43.9 Å². The van der Waals surface area contributed by atoms with Gasteiger partial charge in [-0.15, -0.1) is 0 Å². The Bertz CT molecular complexity index is 1430. The van der Waals surface area contributed by atoms with Crippen LogP contribution in [0.25, 0.3) is 0 Å². The molecule has 0 spiro atoms. The van der Waals surface area contributed by atoms with Gasteiger partial charge >= 0.3 is 0 Å². The molecule has 41 heavy (non-hydrogen) atoms. The molecule has 1 atom stereocenters. The van der Waals surface area contributed by atoms with Gasteiger partial charge in [-0.1, -0.05) is 48.5 Å². The van der Waals surface area contributed by atoms with E-state index in [9.17, 15) is 14.4 Å². The predicted molar refractivity (Wildman–Crippen MR) is 155 cm³/mol. The zero-order valence-electron chi connectivity index (χ0n) is 22.8. The van der Waals surface area contributed by atoms with Gasteiger partial charge in [0, 0.05) is 55.2 Å². The summed E-state index contributed by atoms with van der Waals surface area (Å²) in [7, 11) is 0. The van der Waals surface area contributed by atoms with Gasteiger partial charge in [-0.2, -0.15) is 0 Å². The highest BCUT2D eigenvalue weighted by atomic mass is 32.2. The third-order valence-electron chi connectivity index (χ3n) is 7.88. The van der Waals surface area contributed by atoms with E-state index < -0.39 is 17.9 Å². The van der Waals surface area contributed by atoms with E-state index in [4.69, 9.17) is 10.6 Å². The van der Waals surface area contributed by atoms with Gasteiger partial charge < -0.3 is 9.64 Å². The maximum atomic E-state index is 13.1. The third kappa shape index (κ3) is 6.01. The van der Waals surface area contributed by atoms with Crippen LogP contribution >= 0.6 is 11.9 Å². The average molecular weight is 572 g/mol. The molecule has 1 unspecified atom stereocenters. The van der Waals surface area contributed by atoms with Crippen LogP contribution in [0.5, 0.6) is 5.75 Å². The summed E-state index contributed by atoms with van der Waals surface area (Å²) >= 11 is 1.83. The molecule has 3 aliphatic rings. The number of benzene rings is 3. The molecule has 3 aromatic rings. The largest absolute Gasteiger partial charge is 0.489 e. The molecule has 212 valence electrons. The number of rotatable bonds is 8. The van der Waals surface area contributed by atoms with Crippen molar-refractivity contribution in [3.8, 4) is 5.75 Å². The number of hydrogen-bond acceptors (Lipinski definition) is 8. The van der Waals surface area contributed by atoms with Crippen LogP contribution in [0.4, 0.5) is 0 Å². The summed E-state index contributed by atoms with van der Waals surface area (Å²) in [5.41, 5.74) is 3.58. The Balaban J connectivity index is 1.02. The summed E-state index contributed by atoms with van der Waals surface area (Å²) in [6, 6.07) is 23.6. The van der Waals surface area contributed by atoms with Gasteiger partial charge in [0.2, 0.25) is 5.91 Å². The van der Waals surface area contributed by atoms with Crippen LogP contribution in [0.1, 0.15) is 39.9 Å². The summed E-state index contributed by atoms with van der Waals surface area (Å²) in [5.74, 6) is 5.05. The van der Waals surface area contributed by atoms with Crippen LogP contribution in [-0.4, -0.2) is 69.1 Å². The quantitative estimate of drug-likeness (QED) is 0.190. The van der Waals surface area contributed by atoms with E-state index in [1.54, 1.807) is 12.1 Å². The Morgan fingerprint density at radius 3 is 2.34 bits per heavy atom. The molecule has 3 aromatic carbocycles. The second kappa shape index (κ2) is 12.0. The van der Waals surface area contributed by atoms with Gasteiger partial charge in [0.25, 0.3) is 11.8 Å². The zero-order valence-corrected chi connectivity index (χ0v) is 23.6. The standard InChI is InChI=1S/C31H33N5O4S/c32-36-29(37)14-13-27(31(36)39)35-20-26-25(30(35)38)7-4-8-28(26)40-21-23-11-9-22(10-12-23)19-33-15-17-34(18-16-33)41-24-5-2-1-3-6-24/h1-12,27H,13-21,32H2. The molecule has 0 aromatic heterocycles. The first-order chi connectivity index (χ1) is 20.0. The molecule has 0 saturated carbocycles. The van der Waals surface area contributed by atoms with Crippen molar-refractivity contribution in [2.24, 2.45) is 5.84 Å². The molecular formula is C31H33N5O4S. The van der Waals surface area contributed by atoms with Crippen molar-refractivity contribution in [3.05, 3.63) is 95.1 Å². The fourth-order valence-electron chi connectivity index (χ4n) is 5.56. The fourth-order valence-corrected chi connectivity index (χ4v) is 6.48. The number of nitrogens with zero attached hydrogens (tertiary/aromatic N) is 4. The number of nitrogens with two attached hydrogens (primary N) is 1. The monoisotopic (exact) mass is 571 g/mol. The molecule has 6 rings (SSSR count). The normalized spacial score (nSPS) is 20.0. The first kappa shape index (κ1) is 27.5. The van der Waals surface area contributed by atoms with Gasteiger partial charge in [0.15, 0.2) is 0 Å². The number of piperidine rings is 1. The number of carbonyl (C=O) groups excluding carboxylic acids is 3. The molecule has 2 N–H and O–H groups in total. The lowest BCUT2D eigenvalue weighted by atomic mass is 10.0. The molecular weight excluding hydrogens is 538 g/mol. The van der Waals surface area contributed by atoms with Gasteiger partial charge in [0.05, 0.1) is 6.54 Å². The van der Waals surface area contributed by atoms with Gasteiger partial charge in [-0.25, -0.2) is 15.2 Å². The highest BCUT2D eigenvalue weighted by Crippen LogP contribution is 2.34. The van der Waals surface area contributed by atoms with Crippen LogP contribution in [-0.2, 0) is 29.3 Å². The SMILES string of the molecule is NN1C(=O)CCC(N2Cc3c(OCc4ccc(CN5CCN(Sc6ccccc6)CC5)cc4)cccc3C2=O)C1=O. The van der Waals surface area contributed by atoms with Crippen LogP contribution in [0.15, 0.2) is 77.7 Å². The molecule has 3 amide bonds. The first-order valence-corrected chi connectivity index (χ1v) is 14.7. The number of carbonyl (C=O) groups is 3. The van der Waals surface area contributed by atoms with Crippen molar-refractivity contribution in [2.75, 3.05) is 26.2 Å². The lowest BCUT2D eigenvalue weighted by Crippen LogP contribution is -2.57. The molecule has 0 aliphatic carbocycles. The molecule has 9 nitrogen and oxygen atoms in total. The minimum atomic E-state index is -0.747. The summed E-state index contributed by atoms with van der Waals surface area (Å²) < 4.78 is 8.59. The number of ether oxygens (including phenoxy) is 1. The van der Waals surface area contributed by atoms with Crippen LogP contribution in [0.3, 0.4) is 0 Å². The second-order valence-corrected chi connectivity index (χ2v) is 11.8. The predicted octanol–water partition coefficient (Wildman–Crippen LogP) is 3.44.